The summed E-state index contributed by atoms with van der Waals surface area (Å²) >= 11 is 0. The van der Waals surface area contributed by atoms with Crippen LogP contribution in [-0.2, 0) is 10.0 Å². The first-order valence-electron chi connectivity index (χ1n) is 7.40. The van der Waals surface area contributed by atoms with Gasteiger partial charge in [0, 0.05) is 19.5 Å². The fourth-order valence-corrected chi connectivity index (χ4v) is 3.94. The number of nitrogens with two attached hydrogens (primary N) is 1. The van der Waals surface area contributed by atoms with Crippen molar-refractivity contribution >= 4 is 15.9 Å². The summed E-state index contributed by atoms with van der Waals surface area (Å²) in [6, 6.07) is 6.11. The molecule has 0 radical (unpaired) electrons. The summed E-state index contributed by atoms with van der Waals surface area (Å²) in [6.45, 7) is 1.23. The number of carbonyl (C=O) groups excluding carboxylic acids is 1. The van der Waals surface area contributed by atoms with E-state index in [0.717, 1.165) is 12.8 Å². The molecule has 0 aromatic heterocycles. The number of benzene rings is 1. The van der Waals surface area contributed by atoms with Crippen LogP contribution in [-0.4, -0.2) is 38.3 Å². The van der Waals surface area contributed by atoms with E-state index in [9.17, 15) is 13.2 Å². The lowest BCUT2D eigenvalue weighted by atomic mass is 10.2. The van der Waals surface area contributed by atoms with Crippen LogP contribution in [0.5, 0.6) is 5.75 Å². The lowest BCUT2D eigenvalue weighted by Gasteiger charge is -2.17. The van der Waals surface area contributed by atoms with Gasteiger partial charge in [-0.1, -0.05) is 0 Å². The van der Waals surface area contributed by atoms with Gasteiger partial charge in [0.2, 0.25) is 10.0 Å². The van der Waals surface area contributed by atoms with Crippen molar-refractivity contribution in [2.75, 3.05) is 19.7 Å². The number of sulfonamides is 1. The Morgan fingerprint density at radius 1 is 1.35 bits per heavy atom. The minimum atomic E-state index is -3.61. The Hall–Kier alpha value is -2.11. The van der Waals surface area contributed by atoms with E-state index in [2.05, 4.69) is 0 Å². The van der Waals surface area contributed by atoms with Gasteiger partial charge in [0.25, 0.3) is 5.91 Å². The Balaban J connectivity index is 2.25. The summed E-state index contributed by atoms with van der Waals surface area (Å²) in [5.74, 6) is -0.519. The zero-order valence-electron chi connectivity index (χ0n) is 12.7. The van der Waals surface area contributed by atoms with Crippen LogP contribution >= 0.6 is 0 Å². The van der Waals surface area contributed by atoms with Gasteiger partial charge < -0.3 is 10.5 Å². The Labute approximate surface area is 135 Å². The van der Waals surface area contributed by atoms with Crippen LogP contribution < -0.4 is 10.5 Å². The van der Waals surface area contributed by atoms with Gasteiger partial charge in [0.15, 0.2) is 0 Å². The molecule has 0 aliphatic carbocycles. The summed E-state index contributed by atoms with van der Waals surface area (Å²) < 4.78 is 31.9. The number of ether oxygens (including phenoxy) is 1. The topological polar surface area (TPSA) is 113 Å². The van der Waals surface area contributed by atoms with Gasteiger partial charge in [-0.3, -0.25) is 4.79 Å². The van der Waals surface area contributed by atoms with Gasteiger partial charge in [0.05, 0.1) is 23.1 Å². The Bertz CT molecular complexity index is 719. The fraction of sp³-hybridized carbons (Fsp3) is 0.467. The highest BCUT2D eigenvalue weighted by molar-refractivity contribution is 7.89. The summed E-state index contributed by atoms with van der Waals surface area (Å²) in [7, 11) is -3.61. The number of amides is 1. The molecular formula is C15H19N3O4S. The number of rotatable bonds is 7. The molecule has 1 heterocycles. The summed E-state index contributed by atoms with van der Waals surface area (Å²) in [6.07, 6.45) is 2.53. The molecule has 8 heteroatoms. The highest BCUT2D eigenvalue weighted by Crippen LogP contribution is 2.26. The van der Waals surface area contributed by atoms with Crippen molar-refractivity contribution in [1.29, 1.82) is 5.26 Å². The second-order valence-electron chi connectivity index (χ2n) is 5.24. The van der Waals surface area contributed by atoms with E-state index in [1.54, 1.807) is 0 Å². The normalized spacial score (nSPS) is 15.3. The van der Waals surface area contributed by atoms with Crippen molar-refractivity contribution in [2.45, 2.75) is 30.6 Å². The third-order valence-electron chi connectivity index (χ3n) is 3.61. The summed E-state index contributed by atoms with van der Waals surface area (Å²) in [5, 5.41) is 8.49. The SMILES string of the molecule is N#CCCCOc1ccc(S(=O)(=O)N2CCCC2)cc1C(N)=O. The van der Waals surface area contributed by atoms with Crippen molar-refractivity contribution in [3.05, 3.63) is 23.8 Å². The van der Waals surface area contributed by atoms with Crippen molar-refractivity contribution in [3.8, 4) is 11.8 Å². The Morgan fingerprint density at radius 2 is 2.04 bits per heavy atom. The van der Waals surface area contributed by atoms with Gasteiger partial charge in [-0.25, -0.2) is 8.42 Å². The van der Waals surface area contributed by atoms with Gasteiger partial charge in [0.1, 0.15) is 5.75 Å². The lowest BCUT2D eigenvalue weighted by molar-refractivity contribution is 0.0996. The number of primary amides is 1. The standard InChI is InChI=1S/C15H19N3O4S/c16-7-1-4-10-22-14-6-5-12(11-13(14)15(17)19)23(20,21)18-8-2-3-9-18/h5-6,11H,1-4,8-10H2,(H2,17,19). The maximum Gasteiger partial charge on any atom is 0.252 e. The zero-order chi connectivity index (χ0) is 16.9. The Morgan fingerprint density at radius 3 is 2.65 bits per heavy atom. The molecule has 7 nitrogen and oxygen atoms in total. The van der Waals surface area contributed by atoms with Crippen LogP contribution in [0.1, 0.15) is 36.0 Å². The number of hydrogen-bond donors (Lipinski definition) is 1. The second kappa shape index (κ2) is 7.44. The van der Waals surface area contributed by atoms with Crippen molar-refractivity contribution in [2.24, 2.45) is 5.73 Å². The van der Waals surface area contributed by atoms with Gasteiger partial charge in [-0.15, -0.1) is 0 Å². The van der Waals surface area contributed by atoms with Crippen LogP contribution in [0, 0.1) is 11.3 Å². The fourth-order valence-electron chi connectivity index (χ4n) is 2.40. The number of nitrogens with zero attached hydrogens (tertiary/aromatic N) is 2. The average molecular weight is 337 g/mol. The summed E-state index contributed by atoms with van der Waals surface area (Å²) in [4.78, 5) is 11.6. The number of nitriles is 1. The largest absolute Gasteiger partial charge is 0.493 e. The molecule has 0 spiro atoms. The maximum absolute atomic E-state index is 12.5. The molecule has 1 aliphatic heterocycles. The van der Waals surface area contributed by atoms with Crippen molar-refractivity contribution < 1.29 is 17.9 Å². The van der Waals surface area contributed by atoms with Crippen LogP contribution in [0.15, 0.2) is 23.1 Å². The third-order valence-corrected chi connectivity index (χ3v) is 5.50. The van der Waals surface area contributed by atoms with Gasteiger partial charge in [-0.2, -0.15) is 9.57 Å². The van der Waals surface area contributed by atoms with Gasteiger partial charge >= 0.3 is 0 Å². The third kappa shape index (κ3) is 4.00. The first-order chi connectivity index (χ1) is 11.0. The molecule has 1 aromatic rings. The monoisotopic (exact) mass is 337 g/mol. The van der Waals surface area contributed by atoms with E-state index in [4.69, 9.17) is 15.7 Å². The molecule has 1 aliphatic rings. The molecule has 2 N–H and O–H groups in total. The van der Waals surface area contributed by atoms with E-state index in [1.165, 1.54) is 22.5 Å². The predicted octanol–water partition coefficient (Wildman–Crippen LogP) is 1.25. The van der Waals surface area contributed by atoms with E-state index in [-0.39, 0.29) is 22.8 Å². The van der Waals surface area contributed by atoms with E-state index in [0.29, 0.717) is 25.9 Å². The number of unbranched alkanes of at least 4 members (excludes halogenated alkanes) is 1. The quantitative estimate of drug-likeness (QED) is 0.752. The molecule has 1 aromatic carbocycles. The predicted molar refractivity (Wildman–Crippen MR) is 83.3 cm³/mol. The average Bonchev–Trinajstić information content (AvgIpc) is 3.06. The second-order valence-corrected chi connectivity index (χ2v) is 7.18. The van der Waals surface area contributed by atoms with Crippen molar-refractivity contribution in [1.82, 2.24) is 4.31 Å². The minimum Gasteiger partial charge on any atom is -0.493 e. The van der Waals surface area contributed by atoms with Gasteiger partial charge in [-0.05, 0) is 37.5 Å². The zero-order valence-corrected chi connectivity index (χ0v) is 13.5. The molecule has 0 unspecified atom stereocenters. The smallest absolute Gasteiger partial charge is 0.252 e. The minimum absolute atomic E-state index is 0.0298. The van der Waals surface area contributed by atoms with Crippen LogP contribution in [0.3, 0.4) is 0 Å². The first-order valence-corrected chi connectivity index (χ1v) is 8.84. The van der Waals surface area contributed by atoms with Crippen LogP contribution in [0.25, 0.3) is 0 Å². The Kier molecular flexibility index (Phi) is 5.58. The first kappa shape index (κ1) is 17.2. The highest BCUT2D eigenvalue weighted by atomic mass is 32.2. The molecule has 2 rings (SSSR count). The molecule has 1 saturated heterocycles. The molecule has 0 bridgehead atoms. The lowest BCUT2D eigenvalue weighted by Crippen LogP contribution is -2.28. The molecular weight excluding hydrogens is 318 g/mol. The van der Waals surface area contributed by atoms with E-state index >= 15 is 0 Å². The van der Waals surface area contributed by atoms with Crippen molar-refractivity contribution in [3.63, 3.8) is 0 Å². The van der Waals surface area contributed by atoms with Crippen LogP contribution in [0.4, 0.5) is 0 Å². The molecule has 0 saturated carbocycles. The number of carbonyl (C=O) groups is 1. The molecule has 1 fully saturated rings. The molecule has 1 amide bonds. The number of hydrogen-bond acceptors (Lipinski definition) is 5. The summed E-state index contributed by atoms with van der Waals surface area (Å²) in [5.41, 5.74) is 5.36. The van der Waals surface area contributed by atoms with E-state index < -0.39 is 15.9 Å². The molecule has 23 heavy (non-hydrogen) atoms. The van der Waals surface area contributed by atoms with E-state index in [1.807, 2.05) is 6.07 Å². The highest BCUT2D eigenvalue weighted by Gasteiger charge is 2.28. The molecule has 0 atom stereocenters. The maximum atomic E-state index is 12.5. The van der Waals surface area contributed by atoms with Crippen LogP contribution in [0.2, 0.25) is 0 Å². The molecule has 124 valence electrons.